The molecule has 0 aromatic heterocycles. The van der Waals surface area contributed by atoms with Gasteiger partial charge in [-0.3, -0.25) is 19.7 Å². The molecule has 0 bridgehead atoms. The van der Waals surface area contributed by atoms with Crippen molar-refractivity contribution in [2.75, 3.05) is 19.0 Å². The van der Waals surface area contributed by atoms with Crippen molar-refractivity contribution in [1.29, 1.82) is 0 Å². The van der Waals surface area contributed by atoms with Crippen LogP contribution in [0.25, 0.3) is 0 Å². The van der Waals surface area contributed by atoms with Crippen molar-refractivity contribution < 1.29 is 24.0 Å². The molecule has 8 heteroatoms. The van der Waals surface area contributed by atoms with E-state index >= 15 is 0 Å². The van der Waals surface area contributed by atoms with E-state index in [2.05, 4.69) is 5.32 Å². The smallest absolute Gasteiger partial charge is 0.310 e. The number of methoxy groups -OCH3 is 1. The zero-order chi connectivity index (χ0) is 19.1. The molecule has 0 fully saturated rings. The zero-order valence-electron chi connectivity index (χ0n) is 14.4. The molecule has 26 heavy (non-hydrogen) atoms. The molecule has 0 heterocycles. The van der Waals surface area contributed by atoms with Crippen molar-refractivity contribution in [3.63, 3.8) is 0 Å². The van der Waals surface area contributed by atoms with E-state index in [1.165, 1.54) is 25.3 Å². The molecule has 1 amide bonds. The Bertz CT molecular complexity index is 834. The highest BCUT2D eigenvalue weighted by Crippen LogP contribution is 2.21. The lowest BCUT2D eigenvalue weighted by Gasteiger charge is -2.09. The lowest BCUT2D eigenvalue weighted by atomic mass is 10.1. The summed E-state index contributed by atoms with van der Waals surface area (Å²) in [5, 5.41) is 13.3. The largest absolute Gasteiger partial charge is 0.497 e. The molecular formula is C18H18N2O6. The second-order valence-corrected chi connectivity index (χ2v) is 5.49. The second kappa shape index (κ2) is 8.61. The molecular weight excluding hydrogens is 340 g/mol. The van der Waals surface area contributed by atoms with Gasteiger partial charge in [0.2, 0.25) is 0 Å². The van der Waals surface area contributed by atoms with Crippen LogP contribution in [0.2, 0.25) is 0 Å². The Balaban J connectivity index is 1.89. The number of esters is 1. The van der Waals surface area contributed by atoms with Crippen LogP contribution in [-0.2, 0) is 20.7 Å². The molecule has 2 rings (SSSR count). The maximum atomic E-state index is 11.9. The van der Waals surface area contributed by atoms with Gasteiger partial charge in [0, 0.05) is 12.1 Å². The fourth-order valence-electron chi connectivity index (χ4n) is 2.19. The number of non-ortho nitro benzene ring substituents is 1. The third-order valence-electron chi connectivity index (χ3n) is 3.55. The van der Waals surface area contributed by atoms with Crippen LogP contribution < -0.4 is 10.1 Å². The van der Waals surface area contributed by atoms with Crippen molar-refractivity contribution in [3.05, 3.63) is 63.7 Å². The van der Waals surface area contributed by atoms with E-state index in [0.29, 0.717) is 22.6 Å². The SMILES string of the molecule is COc1cccc(CC(=O)OCC(=O)Nc2cc([N+](=O)[O-])ccc2C)c1. The van der Waals surface area contributed by atoms with E-state index in [1.807, 2.05) is 0 Å². The summed E-state index contributed by atoms with van der Waals surface area (Å²) in [4.78, 5) is 34.0. The van der Waals surface area contributed by atoms with Crippen LogP contribution in [0.1, 0.15) is 11.1 Å². The van der Waals surface area contributed by atoms with Gasteiger partial charge in [0.1, 0.15) is 5.75 Å². The van der Waals surface area contributed by atoms with Crippen molar-refractivity contribution >= 4 is 23.3 Å². The number of carbonyl (C=O) groups is 2. The number of nitrogens with zero attached hydrogens (tertiary/aromatic N) is 1. The van der Waals surface area contributed by atoms with Crippen LogP contribution in [0.15, 0.2) is 42.5 Å². The van der Waals surface area contributed by atoms with E-state index in [0.717, 1.165) is 0 Å². The first-order chi connectivity index (χ1) is 12.4. The average molecular weight is 358 g/mol. The van der Waals surface area contributed by atoms with Gasteiger partial charge in [-0.25, -0.2) is 0 Å². The Morgan fingerprint density at radius 3 is 2.65 bits per heavy atom. The average Bonchev–Trinajstić information content (AvgIpc) is 2.61. The number of anilines is 1. The summed E-state index contributed by atoms with van der Waals surface area (Å²) in [6, 6.07) is 11.1. The number of nitro groups is 1. The Morgan fingerprint density at radius 2 is 1.96 bits per heavy atom. The fraction of sp³-hybridized carbons (Fsp3) is 0.222. The number of nitro benzene ring substituents is 1. The third kappa shape index (κ3) is 5.30. The minimum atomic E-state index is -0.576. The van der Waals surface area contributed by atoms with Gasteiger partial charge in [-0.2, -0.15) is 0 Å². The molecule has 0 spiro atoms. The topological polar surface area (TPSA) is 108 Å². The van der Waals surface area contributed by atoms with Crippen molar-refractivity contribution in [2.45, 2.75) is 13.3 Å². The molecule has 8 nitrogen and oxygen atoms in total. The summed E-state index contributed by atoms with van der Waals surface area (Å²) >= 11 is 0. The quantitative estimate of drug-likeness (QED) is 0.463. The summed E-state index contributed by atoms with van der Waals surface area (Å²) in [7, 11) is 1.53. The van der Waals surface area contributed by atoms with Gasteiger partial charge in [0.15, 0.2) is 6.61 Å². The minimum absolute atomic E-state index is 0.000314. The van der Waals surface area contributed by atoms with Gasteiger partial charge in [-0.05, 0) is 30.2 Å². The summed E-state index contributed by atoms with van der Waals surface area (Å²) in [6.07, 6.45) is 0.000314. The molecule has 0 saturated carbocycles. The van der Waals surface area contributed by atoms with Crippen LogP contribution in [-0.4, -0.2) is 30.5 Å². The predicted molar refractivity (Wildman–Crippen MR) is 94.1 cm³/mol. The van der Waals surface area contributed by atoms with Crippen LogP contribution in [0, 0.1) is 17.0 Å². The van der Waals surface area contributed by atoms with E-state index in [4.69, 9.17) is 9.47 Å². The lowest BCUT2D eigenvalue weighted by Crippen LogP contribution is -2.22. The minimum Gasteiger partial charge on any atom is -0.497 e. The summed E-state index contributed by atoms with van der Waals surface area (Å²) in [5.41, 5.74) is 1.52. The molecule has 2 aromatic carbocycles. The van der Waals surface area contributed by atoms with Crippen LogP contribution >= 0.6 is 0 Å². The molecule has 136 valence electrons. The fourth-order valence-corrected chi connectivity index (χ4v) is 2.19. The van der Waals surface area contributed by atoms with Gasteiger partial charge in [-0.15, -0.1) is 0 Å². The Hall–Kier alpha value is -3.42. The molecule has 0 aliphatic carbocycles. The first-order valence-electron chi connectivity index (χ1n) is 7.72. The van der Waals surface area contributed by atoms with Crippen molar-refractivity contribution in [2.24, 2.45) is 0 Å². The highest BCUT2D eigenvalue weighted by Gasteiger charge is 2.13. The monoisotopic (exact) mass is 358 g/mol. The number of amides is 1. The molecule has 0 atom stereocenters. The maximum Gasteiger partial charge on any atom is 0.310 e. The second-order valence-electron chi connectivity index (χ2n) is 5.49. The summed E-state index contributed by atoms with van der Waals surface area (Å²) in [5.74, 6) is -0.522. The lowest BCUT2D eigenvalue weighted by molar-refractivity contribution is -0.384. The number of ether oxygens (including phenoxy) is 2. The number of rotatable bonds is 7. The molecule has 0 saturated heterocycles. The number of nitrogens with one attached hydrogen (secondary N) is 1. The molecule has 0 unspecified atom stereocenters. The Labute approximate surface area is 149 Å². The van der Waals surface area contributed by atoms with Gasteiger partial charge < -0.3 is 14.8 Å². The summed E-state index contributed by atoms with van der Waals surface area (Å²) < 4.78 is 10.0. The zero-order valence-corrected chi connectivity index (χ0v) is 14.4. The Morgan fingerprint density at radius 1 is 1.19 bits per heavy atom. The maximum absolute atomic E-state index is 11.9. The van der Waals surface area contributed by atoms with Crippen LogP contribution in [0.5, 0.6) is 5.75 Å². The summed E-state index contributed by atoms with van der Waals surface area (Å²) in [6.45, 7) is 1.22. The van der Waals surface area contributed by atoms with Gasteiger partial charge in [-0.1, -0.05) is 18.2 Å². The molecule has 0 aliphatic heterocycles. The number of aryl methyl sites for hydroxylation is 1. The highest BCUT2D eigenvalue weighted by atomic mass is 16.6. The Kier molecular flexibility index (Phi) is 6.26. The first-order valence-corrected chi connectivity index (χ1v) is 7.72. The highest BCUT2D eigenvalue weighted by molar-refractivity contribution is 5.93. The van der Waals surface area contributed by atoms with Crippen LogP contribution in [0.4, 0.5) is 11.4 Å². The molecule has 0 radical (unpaired) electrons. The number of hydrogen-bond donors (Lipinski definition) is 1. The van der Waals surface area contributed by atoms with Gasteiger partial charge >= 0.3 is 5.97 Å². The molecule has 0 aliphatic rings. The first kappa shape index (κ1) is 18.9. The number of hydrogen-bond acceptors (Lipinski definition) is 6. The number of carbonyl (C=O) groups excluding carboxylic acids is 2. The van der Waals surface area contributed by atoms with Crippen LogP contribution in [0.3, 0.4) is 0 Å². The van der Waals surface area contributed by atoms with E-state index in [-0.39, 0.29) is 12.1 Å². The van der Waals surface area contributed by atoms with E-state index in [9.17, 15) is 19.7 Å². The molecule has 2 aromatic rings. The standard InChI is InChI=1S/C18H18N2O6/c1-12-6-7-14(20(23)24)10-16(12)19-17(21)11-26-18(22)9-13-4-3-5-15(8-13)25-2/h3-8,10H,9,11H2,1-2H3,(H,19,21). The predicted octanol–water partition coefficient (Wildman–Crippen LogP) is 2.64. The van der Waals surface area contributed by atoms with E-state index < -0.39 is 23.4 Å². The van der Waals surface area contributed by atoms with Crippen molar-refractivity contribution in [1.82, 2.24) is 0 Å². The van der Waals surface area contributed by atoms with Gasteiger partial charge in [0.05, 0.1) is 24.1 Å². The number of benzene rings is 2. The van der Waals surface area contributed by atoms with Gasteiger partial charge in [0.25, 0.3) is 11.6 Å². The third-order valence-corrected chi connectivity index (χ3v) is 3.55. The normalized spacial score (nSPS) is 10.1. The van der Waals surface area contributed by atoms with E-state index in [1.54, 1.807) is 31.2 Å². The molecule has 1 N–H and O–H groups in total. The van der Waals surface area contributed by atoms with Crippen molar-refractivity contribution in [3.8, 4) is 5.75 Å².